The van der Waals surface area contributed by atoms with Gasteiger partial charge in [-0.25, -0.2) is 0 Å². The van der Waals surface area contributed by atoms with Crippen molar-refractivity contribution in [1.82, 2.24) is 24.8 Å². The number of aryl methyl sites for hydroxylation is 1. The lowest BCUT2D eigenvalue weighted by atomic mass is 10.2. The number of aromatic nitrogens is 4. The Hall–Kier alpha value is -2.20. The first kappa shape index (κ1) is 12.8. The molecule has 1 aliphatic heterocycles. The van der Waals surface area contributed by atoms with Gasteiger partial charge in [-0.15, -0.1) is 0 Å². The molecule has 0 unspecified atom stereocenters. The monoisotopic (exact) mass is 272 g/mol. The summed E-state index contributed by atoms with van der Waals surface area (Å²) in [5.41, 5.74) is 0.594. The van der Waals surface area contributed by atoms with Crippen molar-refractivity contribution in [2.45, 2.75) is 32.4 Å². The van der Waals surface area contributed by atoms with Gasteiger partial charge in [-0.3, -0.25) is 9.58 Å². The van der Waals surface area contributed by atoms with Gasteiger partial charge in [0, 0.05) is 19.7 Å². The number of rotatable bonds is 4. The molecular formula is C13H16N6O. The molecule has 7 heteroatoms. The molecule has 0 N–H and O–H groups in total. The van der Waals surface area contributed by atoms with E-state index in [-0.39, 0.29) is 6.04 Å². The number of hydrogen-bond donors (Lipinski definition) is 0. The van der Waals surface area contributed by atoms with E-state index in [2.05, 4.69) is 26.2 Å². The zero-order chi connectivity index (χ0) is 13.9. The average Bonchev–Trinajstić information content (AvgIpc) is 3.16. The Morgan fingerprint density at radius 2 is 2.40 bits per heavy atom. The van der Waals surface area contributed by atoms with Crippen molar-refractivity contribution in [2.75, 3.05) is 13.1 Å². The highest BCUT2D eigenvalue weighted by molar-refractivity contribution is 5.21. The van der Waals surface area contributed by atoms with Crippen LogP contribution in [0.1, 0.15) is 36.2 Å². The molecule has 0 saturated carbocycles. The maximum atomic E-state index is 8.78. The third-order valence-corrected chi connectivity index (χ3v) is 3.58. The van der Waals surface area contributed by atoms with Crippen molar-refractivity contribution in [1.29, 1.82) is 5.26 Å². The first-order chi connectivity index (χ1) is 9.76. The highest BCUT2D eigenvalue weighted by atomic mass is 16.5. The topological polar surface area (TPSA) is 83.8 Å². The Kier molecular flexibility index (Phi) is 3.48. The van der Waals surface area contributed by atoms with Crippen LogP contribution in [-0.4, -0.2) is 37.9 Å². The highest BCUT2D eigenvalue weighted by Gasteiger charge is 2.29. The molecule has 0 aliphatic carbocycles. The largest absolute Gasteiger partial charge is 0.340 e. The van der Waals surface area contributed by atoms with Crippen LogP contribution in [0.2, 0.25) is 0 Å². The van der Waals surface area contributed by atoms with E-state index >= 15 is 0 Å². The molecule has 3 heterocycles. The Morgan fingerprint density at radius 3 is 3.10 bits per heavy atom. The van der Waals surface area contributed by atoms with Crippen LogP contribution in [-0.2, 0) is 6.54 Å². The fourth-order valence-electron chi connectivity index (χ4n) is 2.61. The van der Waals surface area contributed by atoms with E-state index < -0.39 is 0 Å². The summed E-state index contributed by atoms with van der Waals surface area (Å²) >= 11 is 0. The molecule has 20 heavy (non-hydrogen) atoms. The lowest BCUT2D eigenvalue weighted by Crippen LogP contribution is -2.28. The Balaban J connectivity index is 1.63. The normalized spacial score (nSPS) is 19.3. The van der Waals surface area contributed by atoms with Crippen LogP contribution in [0.4, 0.5) is 0 Å². The van der Waals surface area contributed by atoms with E-state index in [0.29, 0.717) is 11.5 Å². The van der Waals surface area contributed by atoms with Crippen LogP contribution < -0.4 is 0 Å². The summed E-state index contributed by atoms with van der Waals surface area (Å²) in [5, 5.41) is 17.0. The molecule has 2 aromatic rings. The van der Waals surface area contributed by atoms with Crippen molar-refractivity contribution in [3.8, 4) is 6.07 Å². The lowest BCUT2D eigenvalue weighted by molar-refractivity contribution is 0.230. The number of nitrogens with zero attached hydrogens (tertiary/aromatic N) is 6. The van der Waals surface area contributed by atoms with Crippen LogP contribution in [0.3, 0.4) is 0 Å². The van der Waals surface area contributed by atoms with Gasteiger partial charge in [0.2, 0.25) is 5.89 Å². The molecule has 0 amide bonds. The van der Waals surface area contributed by atoms with Gasteiger partial charge in [-0.2, -0.15) is 15.3 Å². The van der Waals surface area contributed by atoms with Gasteiger partial charge < -0.3 is 4.52 Å². The third kappa shape index (κ3) is 2.56. The fraction of sp³-hybridized carbons (Fsp3) is 0.538. The smallest absolute Gasteiger partial charge is 0.223 e. The molecule has 104 valence electrons. The quantitative estimate of drug-likeness (QED) is 0.833. The molecule has 0 radical (unpaired) electrons. The summed E-state index contributed by atoms with van der Waals surface area (Å²) < 4.78 is 6.87. The van der Waals surface area contributed by atoms with Crippen LogP contribution in [0.5, 0.6) is 0 Å². The Bertz CT molecular complexity index is 625. The third-order valence-electron chi connectivity index (χ3n) is 3.58. The predicted octanol–water partition coefficient (Wildman–Crippen LogP) is 1.28. The fourth-order valence-corrected chi connectivity index (χ4v) is 2.61. The first-order valence-electron chi connectivity index (χ1n) is 6.73. The number of nitriles is 1. The van der Waals surface area contributed by atoms with Crippen LogP contribution in [0.15, 0.2) is 16.9 Å². The maximum absolute atomic E-state index is 8.78. The molecule has 7 nitrogen and oxygen atoms in total. The highest BCUT2D eigenvalue weighted by Crippen LogP contribution is 2.29. The summed E-state index contributed by atoms with van der Waals surface area (Å²) in [6, 6.07) is 2.32. The number of likely N-dealkylation sites (tertiary alicyclic amines) is 1. The van der Waals surface area contributed by atoms with Gasteiger partial charge in [0.05, 0.1) is 24.3 Å². The molecular weight excluding hydrogens is 256 g/mol. The summed E-state index contributed by atoms with van der Waals surface area (Å²) in [7, 11) is 0. The minimum absolute atomic E-state index is 0.235. The van der Waals surface area contributed by atoms with Gasteiger partial charge in [-0.1, -0.05) is 5.16 Å². The average molecular weight is 272 g/mol. The maximum Gasteiger partial charge on any atom is 0.223 e. The second-order valence-corrected chi connectivity index (χ2v) is 4.97. The lowest BCUT2D eigenvalue weighted by Gasteiger charge is -2.21. The summed E-state index contributed by atoms with van der Waals surface area (Å²) in [6.45, 7) is 4.47. The minimum Gasteiger partial charge on any atom is -0.340 e. The molecule has 1 atom stereocenters. The summed E-state index contributed by atoms with van der Waals surface area (Å²) in [4.78, 5) is 6.68. The van der Waals surface area contributed by atoms with Crippen molar-refractivity contribution in [3.63, 3.8) is 0 Å². The molecule has 3 rings (SSSR count). The van der Waals surface area contributed by atoms with Gasteiger partial charge in [0.1, 0.15) is 6.07 Å². The van der Waals surface area contributed by atoms with Crippen molar-refractivity contribution < 1.29 is 4.52 Å². The molecule has 0 spiro atoms. The van der Waals surface area contributed by atoms with Gasteiger partial charge in [0.15, 0.2) is 5.82 Å². The van der Waals surface area contributed by atoms with E-state index in [0.717, 1.165) is 38.3 Å². The van der Waals surface area contributed by atoms with Crippen molar-refractivity contribution in [2.24, 2.45) is 0 Å². The summed E-state index contributed by atoms with van der Waals surface area (Å²) in [5.74, 6) is 1.38. The van der Waals surface area contributed by atoms with Crippen molar-refractivity contribution in [3.05, 3.63) is 29.7 Å². The Morgan fingerprint density at radius 1 is 1.50 bits per heavy atom. The van der Waals surface area contributed by atoms with Gasteiger partial charge in [0.25, 0.3) is 0 Å². The molecule has 0 bridgehead atoms. The van der Waals surface area contributed by atoms with E-state index in [9.17, 15) is 0 Å². The van der Waals surface area contributed by atoms with E-state index in [1.54, 1.807) is 17.1 Å². The number of hydrogen-bond acceptors (Lipinski definition) is 6. The molecule has 1 fully saturated rings. The van der Waals surface area contributed by atoms with Gasteiger partial charge in [-0.05, 0) is 19.4 Å². The molecule has 1 aliphatic rings. The van der Waals surface area contributed by atoms with E-state index in [4.69, 9.17) is 9.78 Å². The zero-order valence-electron chi connectivity index (χ0n) is 11.4. The second-order valence-electron chi connectivity index (χ2n) is 4.97. The zero-order valence-corrected chi connectivity index (χ0v) is 11.4. The predicted molar refractivity (Wildman–Crippen MR) is 69.5 cm³/mol. The van der Waals surface area contributed by atoms with Crippen LogP contribution in [0, 0.1) is 18.3 Å². The SMILES string of the molecule is Cc1nc([C@@H]2CCCN2CCn2cc(C#N)cn2)no1. The van der Waals surface area contributed by atoms with Crippen molar-refractivity contribution >= 4 is 0 Å². The molecule has 0 aromatic carbocycles. The second kappa shape index (κ2) is 5.43. The van der Waals surface area contributed by atoms with Crippen LogP contribution in [0.25, 0.3) is 0 Å². The molecule has 2 aromatic heterocycles. The Labute approximate surface area is 116 Å². The van der Waals surface area contributed by atoms with Gasteiger partial charge >= 0.3 is 0 Å². The first-order valence-corrected chi connectivity index (χ1v) is 6.73. The summed E-state index contributed by atoms with van der Waals surface area (Å²) in [6.07, 6.45) is 5.55. The van der Waals surface area contributed by atoms with E-state index in [1.807, 2.05) is 6.92 Å². The molecule has 1 saturated heterocycles. The van der Waals surface area contributed by atoms with Crippen LogP contribution >= 0.6 is 0 Å². The standard InChI is InChI=1S/C13H16N6O/c1-10-16-13(17-20-10)12-3-2-4-18(12)5-6-19-9-11(7-14)8-15-19/h8-9,12H,2-6H2,1H3/t12-/m0/s1. The van der Waals surface area contributed by atoms with E-state index in [1.165, 1.54) is 0 Å². The minimum atomic E-state index is 0.235.